The van der Waals surface area contributed by atoms with E-state index in [4.69, 9.17) is 0 Å². The van der Waals surface area contributed by atoms with Gasteiger partial charge >= 0.3 is 0 Å². The first-order chi connectivity index (χ1) is 10.6. The Bertz CT molecular complexity index is 336. The lowest BCUT2D eigenvalue weighted by Gasteiger charge is -2.35. The molecule has 126 valence electrons. The Morgan fingerprint density at radius 1 is 0.636 bits per heavy atom. The van der Waals surface area contributed by atoms with Gasteiger partial charge < -0.3 is 19.6 Å². The van der Waals surface area contributed by atoms with E-state index in [0.29, 0.717) is 12.8 Å². The molecular weight excluding hydrogens is 280 g/mol. The number of nitrogens with zero attached hydrogens (tertiary/aromatic N) is 4. The first-order valence-corrected chi connectivity index (χ1v) is 8.64. The molecule has 0 unspecified atom stereocenters. The van der Waals surface area contributed by atoms with Gasteiger partial charge in [-0.25, -0.2) is 0 Å². The summed E-state index contributed by atoms with van der Waals surface area (Å²) in [5, 5.41) is 0. The van der Waals surface area contributed by atoms with E-state index in [1.165, 1.54) is 0 Å². The van der Waals surface area contributed by atoms with E-state index in [1.54, 1.807) is 0 Å². The molecule has 0 aliphatic carbocycles. The van der Waals surface area contributed by atoms with E-state index in [9.17, 15) is 9.59 Å². The predicted octanol–water partition coefficient (Wildman–Crippen LogP) is 0.0948. The molecule has 6 heteroatoms. The van der Waals surface area contributed by atoms with Crippen molar-refractivity contribution in [1.82, 2.24) is 19.6 Å². The fourth-order valence-corrected chi connectivity index (χ4v) is 3.16. The van der Waals surface area contributed by atoms with Gasteiger partial charge in [0, 0.05) is 65.2 Å². The molecule has 0 aromatic heterocycles. The normalized spacial score (nSPS) is 21.2. The summed E-state index contributed by atoms with van der Waals surface area (Å²) in [7, 11) is 0. The van der Waals surface area contributed by atoms with Gasteiger partial charge in [-0.2, -0.15) is 0 Å². The monoisotopic (exact) mass is 310 g/mol. The second kappa shape index (κ2) is 8.48. The van der Waals surface area contributed by atoms with E-state index in [1.807, 2.05) is 9.80 Å². The van der Waals surface area contributed by atoms with Crippen molar-refractivity contribution >= 4 is 11.8 Å². The van der Waals surface area contributed by atoms with Crippen molar-refractivity contribution in [2.75, 3.05) is 65.4 Å². The van der Waals surface area contributed by atoms with Crippen molar-refractivity contribution in [2.24, 2.45) is 0 Å². The molecule has 2 heterocycles. The molecule has 2 fully saturated rings. The van der Waals surface area contributed by atoms with Gasteiger partial charge in [-0.1, -0.05) is 13.8 Å². The van der Waals surface area contributed by atoms with Crippen LogP contribution in [-0.2, 0) is 9.59 Å². The summed E-state index contributed by atoms with van der Waals surface area (Å²) in [5.74, 6) is 0.271. The molecule has 2 amide bonds. The van der Waals surface area contributed by atoms with Crippen LogP contribution in [0.3, 0.4) is 0 Å². The van der Waals surface area contributed by atoms with Crippen LogP contribution in [0.4, 0.5) is 0 Å². The first kappa shape index (κ1) is 17.2. The Morgan fingerprint density at radius 3 is 1.23 bits per heavy atom. The van der Waals surface area contributed by atoms with E-state index in [-0.39, 0.29) is 11.8 Å². The third-order valence-corrected chi connectivity index (χ3v) is 4.90. The third kappa shape index (κ3) is 4.68. The first-order valence-electron chi connectivity index (χ1n) is 8.64. The predicted molar refractivity (Wildman–Crippen MR) is 86.6 cm³/mol. The fraction of sp³-hybridized carbons (Fsp3) is 0.875. The van der Waals surface area contributed by atoms with Gasteiger partial charge in [-0.3, -0.25) is 9.59 Å². The lowest BCUT2D eigenvalue weighted by molar-refractivity contribution is -0.138. The highest BCUT2D eigenvalue weighted by atomic mass is 16.2. The van der Waals surface area contributed by atoms with E-state index >= 15 is 0 Å². The third-order valence-electron chi connectivity index (χ3n) is 4.90. The molecule has 2 aliphatic rings. The van der Waals surface area contributed by atoms with Gasteiger partial charge in [-0.15, -0.1) is 0 Å². The summed E-state index contributed by atoms with van der Waals surface area (Å²) in [5.41, 5.74) is 0. The summed E-state index contributed by atoms with van der Waals surface area (Å²) >= 11 is 0. The number of hydrogen-bond donors (Lipinski definition) is 0. The standard InChI is InChI=1S/C16H30N4O2/c1-3-17-7-11-19(12-8-17)15(21)5-6-16(22)20-13-9-18(4-2)10-14-20/h3-14H2,1-2H3. The second-order valence-corrected chi connectivity index (χ2v) is 6.13. The summed E-state index contributed by atoms with van der Waals surface area (Å²) in [6.45, 7) is 13.4. The number of likely N-dealkylation sites (N-methyl/N-ethyl adjacent to an activating group) is 2. The molecule has 0 radical (unpaired) electrons. The van der Waals surface area contributed by atoms with Gasteiger partial charge in [0.15, 0.2) is 0 Å². The Balaban J connectivity index is 1.67. The maximum absolute atomic E-state index is 12.2. The van der Waals surface area contributed by atoms with Gasteiger partial charge in [0.2, 0.25) is 11.8 Å². The molecule has 0 N–H and O–H groups in total. The van der Waals surface area contributed by atoms with Crippen molar-refractivity contribution < 1.29 is 9.59 Å². The minimum Gasteiger partial charge on any atom is -0.340 e. The Hall–Kier alpha value is -1.14. The minimum atomic E-state index is 0.135. The number of carbonyl (C=O) groups excluding carboxylic acids is 2. The average molecular weight is 310 g/mol. The summed E-state index contributed by atoms with van der Waals surface area (Å²) < 4.78 is 0. The average Bonchev–Trinajstić information content (AvgIpc) is 2.59. The molecule has 6 nitrogen and oxygen atoms in total. The van der Waals surface area contributed by atoms with Gasteiger partial charge in [0.05, 0.1) is 0 Å². The van der Waals surface area contributed by atoms with Crippen LogP contribution in [0.2, 0.25) is 0 Å². The summed E-state index contributed by atoms with van der Waals surface area (Å²) in [6, 6.07) is 0. The molecule has 0 atom stereocenters. The van der Waals surface area contributed by atoms with Crippen molar-refractivity contribution in [3.05, 3.63) is 0 Å². The van der Waals surface area contributed by atoms with Crippen LogP contribution in [0.25, 0.3) is 0 Å². The van der Waals surface area contributed by atoms with Gasteiger partial charge in [0.1, 0.15) is 0 Å². The van der Waals surface area contributed by atoms with Crippen LogP contribution in [0.5, 0.6) is 0 Å². The minimum absolute atomic E-state index is 0.135. The molecule has 2 aliphatic heterocycles. The van der Waals surface area contributed by atoms with Crippen LogP contribution in [0.1, 0.15) is 26.7 Å². The quantitative estimate of drug-likeness (QED) is 0.722. The molecule has 0 saturated carbocycles. The summed E-state index contributed by atoms with van der Waals surface area (Å²) in [6.07, 6.45) is 0.720. The number of piperazine rings is 2. The van der Waals surface area contributed by atoms with Crippen LogP contribution in [0.15, 0.2) is 0 Å². The number of rotatable bonds is 5. The van der Waals surface area contributed by atoms with Crippen LogP contribution >= 0.6 is 0 Å². The lowest BCUT2D eigenvalue weighted by atomic mass is 10.2. The van der Waals surface area contributed by atoms with E-state index < -0.39 is 0 Å². The SMILES string of the molecule is CCN1CCN(C(=O)CCC(=O)N2CCN(CC)CC2)CC1. The maximum atomic E-state index is 12.2. The molecule has 2 saturated heterocycles. The van der Waals surface area contributed by atoms with Gasteiger partial charge in [0.25, 0.3) is 0 Å². The highest BCUT2D eigenvalue weighted by Gasteiger charge is 2.23. The molecule has 0 bridgehead atoms. The molecular formula is C16H30N4O2. The highest BCUT2D eigenvalue weighted by molar-refractivity contribution is 5.84. The van der Waals surface area contributed by atoms with Crippen molar-refractivity contribution in [3.8, 4) is 0 Å². The Labute approximate surface area is 134 Å². The summed E-state index contributed by atoms with van der Waals surface area (Å²) in [4.78, 5) is 32.9. The number of amides is 2. The molecule has 2 rings (SSSR count). The zero-order chi connectivity index (χ0) is 15.9. The van der Waals surface area contributed by atoms with Crippen molar-refractivity contribution in [1.29, 1.82) is 0 Å². The largest absolute Gasteiger partial charge is 0.340 e. The van der Waals surface area contributed by atoms with Crippen LogP contribution in [0, 0.1) is 0 Å². The smallest absolute Gasteiger partial charge is 0.223 e. The second-order valence-electron chi connectivity index (χ2n) is 6.13. The van der Waals surface area contributed by atoms with Crippen molar-refractivity contribution in [3.63, 3.8) is 0 Å². The maximum Gasteiger partial charge on any atom is 0.223 e. The topological polar surface area (TPSA) is 47.1 Å². The molecule has 22 heavy (non-hydrogen) atoms. The van der Waals surface area contributed by atoms with E-state index in [2.05, 4.69) is 23.6 Å². The van der Waals surface area contributed by atoms with Gasteiger partial charge in [-0.05, 0) is 13.1 Å². The van der Waals surface area contributed by atoms with Crippen LogP contribution < -0.4 is 0 Å². The molecule has 0 spiro atoms. The zero-order valence-electron chi connectivity index (χ0n) is 14.1. The van der Waals surface area contributed by atoms with Crippen molar-refractivity contribution in [2.45, 2.75) is 26.7 Å². The molecule has 0 aromatic carbocycles. The lowest BCUT2D eigenvalue weighted by Crippen LogP contribution is -2.49. The Kier molecular flexibility index (Phi) is 6.64. The van der Waals surface area contributed by atoms with Crippen LogP contribution in [-0.4, -0.2) is 96.9 Å². The highest BCUT2D eigenvalue weighted by Crippen LogP contribution is 2.08. The molecule has 0 aromatic rings. The zero-order valence-corrected chi connectivity index (χ0v) is 14.1. The fourth-order valence-electron chi connectivity index (χ4n) is 3.16. The number of carbonyl (C=O) groups is 2. The van der Waals surface area contributed by atoms with E-state index in [0.717, 1.165) is 65.4 Å². The Morgan fingerprint density at radius 2 is 0.955 bits per heavy atom. The number of hydrogen-bond acceptors (Lipinski definition) is 4.